The van der Waals surface area contributed by atoms with E-state index in [9.17, 15) is 0 Å². The second kappa shape index (κ2) is 7.64. The SMILES string of the molecule is S=C(Nc1ccc2c(c1)OCO2)Nc1ccn(Cc2ccc(Cl)cc2Cl)n1. The van der Waals surface area contributed by atoms with Crippen molar-refractivity contribution < 1.29 is 9.47 Å². The van der Waals surface area contributed by atoms with E-state index in [0.29, 0.717) is 33.3 Å². The predicted octanol–water partition coefficient (Wildman–Crippen LogP) is 4.78. The Balaban J connectivity index is 1.38. The number of nitrogens with one attached hydrogen (secondary N) is 2. The van der Waals surface area contributed by atoms with Crippen LogP contribution in [0.5, 0.6) is 11.5 Å². The molecule has 0 unspecified atom stereocenters. The van der Waals surface area contributed by atoms with Gasteiger partial charge in [0.2, 0.25) is 6.79 Å². The lowest BCUT2D eigenvalue weighted by Gasteiger charge is -2.09. The van der Waals surface area contributed by atoms with Crippen LogP contribution in [0.2, 0.25) is 10.0 Å². The van der Waals surface area contributed by atoms with Crippen LogP contribution < -0.4 is 20.1 Å². The monoisotopic (exact) mass is 420 g/mol. The third-order valence-corrected chi connectivity index (χ3v) is 4.65. The van der Waals surface area contributed by atoms with Crippen LogP contribution in [-0.2, 0) is 6.54 Å². The average Bonchev–Trinajstić information content (AvgIpc) is 3.26. The molecule has 1 aromatic heterocycles. The highest BCUT2D eigenvalue weighted by Crippen LogP contribution is 2.34. The summed E-state index contributed by atoms with van der Waals surface area (Å²) < 4.78 is 12.4. The summed E-state index contributed by atoms with van der Waals surface area (Å²) in [4.78, 5) is 0. The smallest absolute Gasteiger partial charge is 0.231 e. The van der Waals surface area contributed by atoms with Gasteiger partial charge in [-0.2, -0.15) is 5.10 Å². The summed E-state index contributed by atoms with van der Waals surface area (Å²) >= 11 is 17.5. The minimum absolute atomic E-state index is 0.233. The molecule has 9 heteroatoms. The zero-order valence-corrected chi connectivity index (χ0v) is 16.2. The number of rotatable bonds is 4. The first kappa shape index (κ1) is 17.9. The molecule has 2 N–H and O–H groups in total. The fraction of sp³-hybridized carbons (Fsp3) is 0.111. The second-order valence-corrected chi connectivity index (χ2v) is 7.03. The zero-order chi connectivity index (χ0) is 18.8. The van der Waals surface area contributed by atoms with Crippen molar-refractivity contribution in [1.29, 1.82) is 0 Å². The van der Waals surface area contributed by atoms with Crippen molar-refractivity contribution in [2.45, 2.75) is 6.54 Å². The lowest BCUT2D eigenvalue weighted by molar-refractivity contribution is 0.174. The van der Waals surface area contributed by atoms with Crippen molar-refractivity contribution in [1.82, 2.24) is 9.78 Å². The summed E-state index contributed by atoms with van der Waals surface area (Å²) in [7, 11) is 0. The first-order valence-corrected chi connectivity index (χ1v) is 9.18. The molecule has 0 atom stereocenters. The molecule has 6 nitrogen and oxygen atoms in total. The largest absolute Gasteiger partial charge is 0.454 e. The van der Waals surface area contributed by atoms with E-state index in [-0.39, 0.29) is 6.79 Å². The Labute approximate surface area is 171 Å². The number of aromatic nitrogens is 2. The van der Waals surface area contributed by atoms with Gasteiger partial charge in [0.05, 0.1) is 6.54 Å². The Kier molecular flexibility index (Phi) is 5.07. The van der Waals surface area contributed by atoms with Gasteiger partial charge in [0, 0.05) is 34.1 Å². The maximum absolute atomic E-state index is 6.21. The van der Waals surface area contributed by atoms with Gasteiger partial charge in [-0.1, -0.05) is 29.3 Å². The van der Waals surface area contributed by atoms with Gasteiger partial charge in [-0.15, -0.1) is 0 Å². The number of nitrogens with zero attached hydrogens (tertiary/aromatic N) is 2. The zero-order valence-electron chi connectivity index (χ0n) is 13.9. The molecule has 2 heterocycles. The van der Waals surface area contributed by atoms with Gasteiger partial charge in [0.25, 0.3) is 0 Å². The van der Waals surface area contributed by atoms with Crippen molar-refractivity contribution in [2.24, 2.45) is 0 Å². The lowest BCUT2D eigenvalue weighted by atomic mass is 10.2. The predicted molar refractivity (Wildman–Crippen MR) is 110 cm³/mol. The molecular formula is C18H14Cl2N4O2S. The van der Waals surface area contributed by atoms with Gasteiger partial charge < -0.3 is 20.1 Å². The normalized spacial score (nSPS) is 12.1. The number of benzene rings is 2. The molecule has 0 amide bonds. The number of thiocarbonyl (C=S) groups is 1. The van der Waals surface area contributed by atoms with Crippen molar-refractivity contribution in [3.8, 4) is 11.5 Å². The van der Waals surface area contributed by atoms with Gasteiger partial charge in [-0.05, 0) is 42.0 Å². The van der Waals surface area contributed by atoms with Gasteiger partial charge in [-0.25, -0.2) is 0 Å². The van der Waals surface area contributed by atoms with Crippen LogP contribution in [0.4, 0.5) is 11.5 Å². The van der Waals surface area contributed by atoms with Crippen molar-refractivity contribution in [2.75, 3.05) is 17.4 Å². The lowest BCUT2D eigenvalue weighted by Crippen LogP contribution is -2.19. The highest BCUT2D eigenvalue weighted by atomic mass is 35.5. The second-order valence-electron chi connectivity index (χ2n) is 5.78. The number of hydrogen-bond donors (Lipinski definition) is 2. The molecule has 2 aromatic carbocycles. The van der Waals surface area contributed by atoms with Gasteiger partial charge >= 0.3 is 0 Å². The summed E-state index contributed by atoms with van der Waals surface area (Å²) in [5, 5.41) is 12.2. The van der Waals surface area contributed by atoms with Crippen LogP contribution in [0.25, 0.3) is 0 Å². The van der Waals surface area contributed by atoms with Crippen LogP contribution in [0.3, 0.4) is 0 Å². The topological polar surface area (TPSA) is 60.3 Å². The summed E-state index contributed by atoms with van der Waals surface area (Å²) in [6, 6.07) is 12.8. The molecule has 1 aliphatic rings. The van der Waals surface area contributed by atoms with Crippen molar-refractivity contribution in [3.05, 3.63) is 64.3 Å². The average molecular weight is 421 g/mol. The molecule has 0 saturated heterocycles. The van der Waals surface area contributed by atoms with E-state index in [0.717, 1.165) is 17.0 Å². The molecule has 0 fully saturated rings. The number of anilines is 2. The number of halogens is 2. The maximum atomic E-state index is 6.21. The first-order chi connectivity index (χ1) is 13.1. The van der Waals surface area contributed by atoms with E-state index >= 15 is 0 Å². The van der Waals surface area contributed by atoms with Gasteiger partial charge in [0.15, 0.2) is 22.4 Å². The van der Waals surface area contributed by atoms with Crippen molar-refractivity contribution >= 4 is 52.0 Å². The molecule has 27 heavy (non-hydrogen) atoms. The highest BCUT2D eigenvalue weighted by molar-refractivity contribution is 7.80. The summed E-state index contributed by atoms with van der Waals surface area (Å²) in [5.41, 5.74) is 1.72. The minimum Gasteiger partial charge on any atom is -0.454 e. The molecule has 3 aromatic rings. The first-order valence-electron chi connectivity index (χ1n) is 8.02. The number of fused-ring (bicyclic) bond motifs is 1. The van der Waals surface area contributed by atoms with Crippen LogP contribution in [0.15, 0.2) is 48.7 Å². The summed E-state index contributed by atoms with van der Waals surface area (Å²) in [6.07, 6.45) is 1.84. The summed E-state index contributed by atoms with van der Waals surface area (Å²) in [6.45, 7) is 0.761. The van der Waals surface area contributed by atoms with E-state index in [1.807, 2.05) is 36.5 Å². The Morgan fingerprint density at radius 3 is 2.78 bits per heavy atom. The maximum Gasteiger partial charge on any atom is 0.231 e. The van der Waals surface area contributed by atoms with Gasteiger partial charge in [-0.3, -0.25) is 4.68 Å². The Morgan fingerprint density at radius 2 is 1.93 bits per heavy atom. The standard InChI is InChI=1S/C18H14Cl2N4O2S/c19-12-2-1-11(14(20)7-12)9-24-6-5-17(23-24)22-18(27)21-13-3-4-15-16(8-13)26-10-25-15/h1-8H,9-10H2,(H2,21,22,23,27). The number of ether oxygens (including phenoxy) is 2. The Morgan fingerprint density at radius 1 is 1.07 bits per heavy atom. The fourth-order valence-electron chi connectivity index (χ4n) is 2.59. The number of hydrogen-bond acceptors (Lipinski definition) is 4. The molecule has 0 aliphatic carbocycles. The minimum atomic E-state index is 0.233. The van der Waals surface area contributed by atoms with E-state index in [4.69, 9.17) is 44.9 Å². The van der Waals surface area contributed by atoms with E-state index < -0.39 is 0 Å². The molecule has 1 aliphatic heterocycles. The van der Waals surface area contributed by atoms with Crippen LogP contribution in [-0.4, -0.2) is 21.7 Å². The molecule has 4 rings (SSSR count). The van der Waals surface area contributed by atoms with Crippen LogP contribution in [0, 0.1) is 0 Å². The molecule has 0 saturated carbocycles. The molecule has 0 bridgehead atoms. The molecule has 0 radical (unpaired) electrons. The fourth-order valence-corrected chi connectivity index (χ4v) is 3.28. The van der Waals surface area contributed by atoms with Gasteiger partial charge in [0.1, 0.15) is 0 Å². The quantitative estimate of drug-likeness (QED) is 0.592. The van der Waals surface area contributed by atoms with E-state index in [2.05, 4.69) is 15.7 Å². The van der Waals surface area contributed by atoms with E-state index in [1.54, 1.807) is 16.8 Å². The highest BCUT2D eigenvalue weighted by Gasteiger charge is 2.13. The molecule has 0 spiro atoms. The Bertz CT molecular complexity index is 1010. The van der Waals surface area contributed by atoms with Crippen LogP contribution in [0.1, 0.15) is 5.56 Å². The van der Waals surface area contributed by atoms with Crippen molar-refractivity contribution in [3.63, 3.8) is 0 Å². The third-order valence-electron chi connectivity index (χ3n) is 3.86. The molecular weight excluding hydrogens is 407 g/mol. The Hall–Kier alpha value is -2.48. The summed E-state index contributed by atoms with van der Waals surface area (Å²) in [5.74, 6) is 2.03. The van der Waals surface area contributed by atoms with Crippen LogP contribution >= 0.6 is 35.4 Å². The molecule has 138 valence electrons. The van der Waals surface area contributed by atoms with E-state index in [1.165, 1.54) is 0 Å². The third kappa shape index (κ3) is 4.27.